The fourth-order valence-corrected chi connectivity index (χ4v) is 0. The lowest BCUT2D eigenvalue weighted by atomic mass is 32.1. The molecule has 56 valence electrons. The van der Waals surface area contributed by atoms with Crippen molar-refractivity contribution < 1.29 is 0 Å². The average molecular weight is 239 g/mol. The first-order valence-corrected chi connectivity index (χ1v) is 0. The molecule has 0 nitrogen and oxygen atoms in total. The highest BCUT2D eigenvalue weighted by Gasteiger charge is -0.191. The Hall–Kier alpha value is 2.45. The molecule has 0 aliphatic rings. The highest BCUT2D eigenvalue weighted by Crippen LogP contribution is 0.654. The molecule has 0 unspecified atom stereocenters. The molecule has 0 radical (unpaired) electrons. The molecular weight excluding hydrogens is 224 g/mol. The molecule has 7 heavy (non-hydrogen) atoms. The molecule has 0 heterocycles. The maximum absolute atomic E-state index is 0. The van der Waals surface area contributed by atoms with E-state index in [0.717, 1.165) is 0 Å². The number of hydrogen-bond donors (Lipinski definition) is 0. The van der Waals surface area contributed by atoms with Gasteiger partial charge in [-0.05, 0) is 0 Å². The lowest BCUT2D eigenvalue weighted by Crippen LogP contribution is 0.647. The van der Waals surface area contributed by atoms with Gasteiger partial charge in [-0.3, -0.25) is 0 Å². The van der Waals surface area contributed by atoms with Crippen molar-refractivity contribution in [2.45, 2.75) is 0 Å². The summed E-state index contributed by atoms with van der Waals surface area (Å²) in [6.07, 6.45) is 0. The zero-order valence-electron chi connectivity index (χ0n) is 3.50. The molecule has 0 saturated heterocycles. The first-order valence-electron chi connectivity index (χ1n) is 0. The third-order valence-electron chi connectivity index (χ3n) is 0. The second-order valence-electron chi connectivity index (χ2n) is 0. The van der Waals surface area contributed by atoms with Gasteiger partial charge in [0.1, 0.15) is 0 Å². The predicted octanol–water partition coefficient (Wildman–Crippen LogP) is 0.790. The summed E-state index contributed by atoms with van der Waals surface area (Å²) in [6, 6.07) is 0. The van der Waals surface area contributed by atoms with Crippen molar-refractivity contribution in [2.24, 2.45) is 0 Å². The third-order valence-corrected chi connectivity index (χ3v) is 0. The molecule has 0 spiro atoms. The quantitative estimate of drug-likeness (QED) is 0.585. The average Bonchev–Trinajstić information content (AvgIpc) is 0. The molecule has 0 fully saturated rings. The van der Waals surface area contributed by atoms with E-state index in [-0.39, 0.29) is 94.5 Å². The van der Waals surface area contributed by atoms with E-state index in [9.17, 15) is 0 Å². The van der Waals surface area contributed by atoms with Crippen LogP contribution in [0.5, 0.6) is 0 Å². The van der Waals surface area contributed by atoms with Crippen molar-refractivity contribution in [3.63, 3.8) is 0 Å². The highest BCUT2D eigenvalue weighted by atomic mass is 32.1. The minimum atomic E-state index is 0. The van der Waals surface area contributed by atoms with Gasteiger partial charge < -0.3 is 0 Å². The fraction of sp³-hybridized carbons (Fsp3) is 0. The van der Waals surface area contributed by atoms with E-state index in [1.807, 2.05) is 0 Å². The lowest BCUT2D eigenvalue weighted by molar-refractivity contribution is 7.59. The SMILES string of the molecule is S.S.S.S.S.S.S. The van der Waals surface area contributed by atoms with Crippen molar-refractivity contribution in [1.82, 2.24) is 0 Å². The zero-order chi connectivity index (χ0) is 0. The Morgan fingerprint density at radius 1 is 0.143 bits per heavy atom. The van der Waals surface area contributed by atoms with Gasteiger partial charge >= 0.3 is 0 Å². The fourth-order valence-electron chi connectivity index (χ4n) is 0. The Labute approximate surface area is 93.7 Å². The van der Waals surface area contributed by atoms with Crippen LogP contribution in [-0.2, 0) is 0 Å². The first-order chi connectivity index (χ1) is 0. The summed E-state index contributed by atoms with van der Waals surface area (Å²) in [7, 11) is 0. The van der Waals surface area contributed by atoms with E-state index < -0.39 is 0 Å². The second-order valence-corrected chi connectivity index (χ2v) is 0. The zero-order valence-corrected chi connectivity index (χ0v) is 10.5. The maximum Gasteiger partial charge on any atom is -0.197 e. The Morgan fingerprint density at radius 2 is 0.143 bits per heavy atom. The molecule has 0 amide bonds. The van der Waals surface area contributed by atoms with Crippen LogP contribution in [0.3, 0.4) is 0 Å². The van der Waals surface area contributed by atoms with E-state index in [1.165, 1.54) is 0 Å². The molecule has 0 aromatic carbocycles. The molecule has 0 saturated carbocycles. The van der Waals surface area contributed by atoms with Crippen molar-refractivity contribution >= 4 is 94.5 Å². The van der Waals surface area contributed by atoms with Crippen LogP contribution in [0.25, 0.3) is 0 Å². The van der Waals surface area contributed by atoms with Crippen molar-refractivity contribution in [1.29, 1.82) is 0 Å². The van der Waals surface area contributed by atoms with Gasteiger partial charge in [-0.25, -0.2) is 0 Å². The molecule has 0 aromatic heterocycles. The van der Waals surface area contributed by atoms with Crippen LogP contribution in [0.15, 0.2) is 0 Å². The monoisotopic (exact) mass is 238 g/mol. The molecule has 0 rings (SSSR count). The van der Waals surface area contributed by atoms with Gasteiger partial charge in [0.25, 0.3) is 0 Å². The van der Waals surface area contributed by atoms with Gasteiger partial charge in [0, 0.05) is 0 Å². The third kappa shape index (κ3) is 58.6. The predicted molar refractivity (Wildman–Crippen MR) is 72.7 cm³/mol. The number of hydrogen-bond acceptors (Lipinski definition) is 0. The van der Waals surface area contributed by atoms with E-state index in [4.69, 9.17) is 0 Å². The first kappa shape index (κ1) is 112. The van der Waals surface area contributed by atoms with E-state index >= 15 is 0 Å². The number of rotatable bonds is 0. The molecule has 0 aromatic rings. The van der Waals surface area contributed by atoms with Gasteiger partial charge in [0.2, 0.25) is 0 Å². The summed E-state index contributed by atoms with van der Waals surface area (Å²) >= 11 is 0. The summed E-state index contributed by atoms with van der Waals surface area (Å²) in [6.45, 7) is 0. The minimum Gasteiger partial charge on any atom is -0.197 e. The maximum atomic E-state index is 0. The topological polar surface area (TPSA) is 0 Å². The summed E-state index contributed by atoms with van der Waals surface area (Å²) in [4.78, 5) is 0. The van der Waals surface area contributed by atoms with Crippen LogP contribution >= 0.6 is 94.5 Å². The van der Waals surface area contributed by atoms with Gasteiger partial charge in [-0.2, -0.15) is 94.5 Å². The van der Waals surface area contributed by atoms with Crippen LogP contribution in [0.4, 0.5) is 0 Å². The van der Waals surface area contributed by atoms with Crippen LogP contribution in [0, 0.1) is 0 Å². The largest absolute Gasteiger partial charge is 0.197 e. The molecule has 0 aliphatic heterocycles. The Bertz CT molecular complexity index is 0. The molecular formula is H14S7. The van der Waals surface area contributed by atoms with Crippen molar-refractivity contribution in [2.75, 3.05) is 0 Å². The van der Waals surface area contributed by atoms with Gasteiger partial charge in [-0.15, -0.1) is 0 Å². The Morgan fingerprint density at radius 3 is 0.143 bits per heavy atom. The Kier molecular flexibility index (Phi) is 1250. The standard InChI is InChI=1S/7H2S/h7*1H2. The molecule has 0 bridgehead atoms. The molecule has 0 atom stereocenters. The summed E-state index contributed by atoms with van der Waals surface area (Å²) in [5, 5.41) is 0. The molecule has 0 aliphatic carbocycles. The smallest absolute Gasteiger partial charge is 0.197 e. The highest BCUT2D eigenvalue weighted by molar-refractivity contribution is 7.60. The van der Waals surface area contributed by atoms with E-state index in [2.05, 4.69) is 0 Å². The van der Waals surface area contributed by atoms with Crippen LogP contribution in [-0.4, -0.2) is 0 Å². The lowest BCUT2D eigenvalue weighted by Gasteiger charge is -0.198. The molecule has 7 heteroatoms. The van der Waals surface area contributed by atoms with Gasteiger partial charge in [0.15, 0.2) is 0 Å². The minimum absolute atomic E-state index is 0. The summed E-state index contributed by atoms with van der Waals surface area (Å²) in [5.74, 6) is 0. The molecule has 0 N–H and O–H groups in total. The van der Waals surface area contributed by atoms with Crippen LogP contribution in [0.2, 0.25) is 0 Å². The van der Waals surface area contributed by atoms with Crippen molar-refractivity contribution in [3.05, 3.63) is 0 Å². The summed E-state index contributed by atoms with van der Waals surface area (Å²) < 4.78 is 0. The van der Waals surface area contributed by atoms with Crippen LogP contribution < -0.4 is 0 Å². The van der Waals surface area contributed by atoms with Crippen LogP contribution in [0.1, 0.15) is 0 Å². The van der Waals surface area contributed by atoms with Crippen molar-refractivity contribution in [3.8, 4) is 0 Å². The van der Waals surface area contributed by atoms with Gasteiger partial charge in [0.05, 0.1) is 0 Å². The van der Waals surface area contributed by atoms with E-state index in [1.54, 1.807) is 0 Å². The summed E-state index contributed by atoms with van der Waals surface area (Å²) in [5.41, 5.74) is 0. The Balaban J connectivity index is 0. The van der Waals surface area contributed by atoms with E-state index in [0.29, 0.717) is 0 Å². The second kappa shape index (κ2) is 78.1. The van der Waals surface area contributed by atoms with Gasteiger partial charge in [-0.1, -0.05) is 0 Å². The normalized spacial score (nSPS) is 0.